The summed E-state index contributed by atoms with van der Waals surface area (Å²) in [6.07, 6.45) is 0.706. The Labute approximate surface area is 72.3 Å². The van der Waals surface area contributed by atoms with Gasteiger partial charge in [0.1, 0.15) is 5.75 Å². The number of phenols is 1. The Kier molecular flexibility index (Phi) is 2.71. The van der Waals surface area contributed by atoms with E-state index in [1.54, 1.807) is 18.2 Å². The maximum absolute atomic E-state index is 9.12. The Morgan fingerprint density at radius 1 is 1.58 bits per heavy atom. The van der Waals surface area contributed by atoms with Crippen molar-refractivity contribution in [2.45, 2.75) is 19.4 Å². The molecule has 12 heavy (non-hydrogen) atoms. The van der Waals surface area contributed by atoms with Gasteiger partial charge in [-0.25, -0.2) is 6.57 Å². The van der Waals surface area contributed by atoms with Crippen molar-refractivity contribution in [2.75, 3.05) is 0 Å². The standard InChI is InChI=1S/C10H11NO/c1-8(11-2)6-9-4-3-5-10(12)7-9/h3-5,7-8,12H,6H2,1H3. The summed E-state index contributed by atoms with van der Waals surface area (Å²) in [5.74, 6) is 0.268. The van der Waals surface area contributed by atoms with E-state index in [1.807, 2.05) is 13.0 Å². The number of nitrogens with zero attached hydrogens (tertiary/aromatic N) is 1. The number of hydrogen-bond donors (Lipinski definition) is 1. The fourth-order valence-electron chi connectivity index (χ4n) is 1.07. The molecule has 1 unspecified atom stereocenters. The van der Waals surface area contributed by atoms with Crippen LogP contribution in [-0.2, 0) is 6.42 Å². The third kappa shape index (κ3) is 2.28. The number of benzene rings is 1. The molecular weight excluding hydrogens is 150 g/mol. The monoisotopic (exact) mass is 161 g/mol. The molecule has 1 N–H and O–H groups in total. The van der Waals surface area contributed by atoms with Gasteiger partial charge in [0, 0.05) is 13.3 Å². The van der Waals surface area contributed by atoms with Crippen molar-refractivity contribution in [2.24, 2.45) is 0 Å². The van der Waals surface area contributed by atoms with E-state index in [9.17, 15) is 0 Å². The largest absolute Gasteiger partial charge is 0.508 e. The van der Waals surface area contributed by atoms with E-state index in [0.29, 0.717) is 6.42 Å². The Hall–Kier alpha value is -1.49. The van der Waals surface area contributed by atoms with Gasteiger partial charge in [0.15, 0.2) is 0 Å². The fourth-order valence-corrected chi connectivity index (χ4v) is 1.07. The lowest BCUT2D eigenvalue weighted by atomic mass is 10.1. The first-order valence-electron chi connectivity index (χ1n) is 3.87. The van der Waals surface area contributed by atoms with Gasteiger partial charge in [0.05, 0.1) is 0 Å². The molecular formula is C10H11NO. The summed E-state index contributed by atoms with van der Waals surface area (Å²) in [5, 5.41) is 9.12. The number of phenolic OH excluding ortho intramolecular Hbond substituents is 1. The van der Waals surface area contributed by atoms with Crippen LogP contribution < -0.4 is 0 Å². The van der Waals surface area contributed by atoms with Crippen LogP contribution in [0, 0.1) is 6.57 Å². The second-order valence-corrected chi connectivity index (χ2v) is 2.85. The molecule has 0 aliphatic rings. The van der Waals surface area contributed by atoms with Gasteiger partial charge in [0.25, 0.3) is 0 Å². The molecule has 1 rings (SSSR count). The van der Waals surface area contributed by atoms with E-state index in [4.69, 9.17) is 11.7 Å². The zero-order chi connectivity index (χ0) is 8.97. The predicted molar refractivity (Wildman–Crippen MR) is 47.9 cm³/mol. The van der Waals surface area contributed by atoms with Crippen LogP contribution in [0.4, 0.5) is 0 Å². The molecule has 0 saturated heterocycles. The van der Waals surface area contributed by atoms with Crippen molar-refractivity contribution in [1.29, 1.82) is 0 Å². The normalized spacial score (nSPS) is 12.0. The number of hydrogen-bond acceptors (Lipinski definition) is 1. The van der Waals surface area contributed by atoms with E-state index >= 15 is 0 Å². The summed E-state index contributed by atoms with van der Waals surface area (Å²) < 4.78 is 0. The van der Waals surface area contributed by atoms with Crippen molar-refractivity contribution in [3.63, 3.8) is 0 Å². The minimum atomic E-state index is -0.00759. The van der Waals surface area contributed by atoms with Crippen molar-refractivity contribution >= 4 is 0 Å². The van der Waals surface area contributed by atoms with E-state index in [0.717, 1.165) is 5.56 Å². The van der Waals surface area contributed by atoms with Crippen LogP contribution in [0.2, 0.25) is 0 Å². The highest BCUT2D eigenvalue weighted by atomic mass is 16.3. The van der Waals surface area contributed by atoms with Crippen LogP contribution in [0.25, 0.3) is 4.85 Å². The Balaban J connectivity index is 2.71. The average molecular weight is 161 g/mol. The molecule has 1 aromatic rings. The molecule has 0 heterocycles. The highest BCUT2D eigenvalue weighted by Gasteiger charge is 2.05. The molecule has 0 bridgehead atoms. The Morgan fingerprint density at radius 3 is 2.92 bits per heavy atom. The van der Waals surface area contributed by atoms with Crippen LogP contribution in [0.1, 0.15) is 12.5 Å². The zero-order valence-electron chi connectivity index (χ0n) is 6.99. The van der Waals surface area contributed by atoms with Gasteiger partial charge in [0.2, 0.25) is 6.04 Å². The van der Waals surface area contributed by atoms with E-state index < -0.39 is 0 Å². The highest BCUT2D eigenvalue weighted by Crippen LogP contribution is 2.13. The molecule has 2 nitrogen and oxygen atoms in total. The summed E-state index contributed by atoms with van der Waals surface area (Å²) >= 11 is 0. The van der Waals surface area contributed by atoms with Gasteiger partial charge in [-0.15, -0.1) is 0 Å². The van der Waals surface area contributed by atoms with Gasteiger partial charge in [-0.1, -0.05) is 12.1 Å². The lowest BCUT2D eigenvalue weighted by molar-refractivity contribution is 0.474. The first-order chi connectivity index (χ1) is 5.72. The molecule has 0 fully saturated rings. The second kappa shape index (κ2) is 3.77. The summed E-state index contributed by atoms with van der Waals surface area (Å²) in [5.41, 5.74) is 1.01. The molecule has 0 aliphatic carbocycles. The molecule has 1 atom stereocenters. The molecule has 0 amide bonds. The SMILES string of the molecule is [C-]#[N+]C(C)Cc1cccc(O)c1. The summed E-state index contributed by atoms with van der Waals surface area (Å²) in [6, 6.07) is 7.03. The lowest BCUT2D eigenvalue weighted by Gasteiger charge is -2.00. The van der Waals surface area contributed by atoms with E-state index in [1.165, 1.54) is 0 Å². The van der Waals surface area contributed by atoms with Gasteiger partial charge in [-0.3, -0.25) is 0 Å². The minimum Gasteiger partial charge on any atom is -0.508 e. The lowest BCUT2D eigenvalue weighted by Crippen LogP contribution is -1.99. The van der Waals surface area contributed by atoms with Crippen LogP contribution in [0.15, 0.2) is 24.3 Å². The van der Waals surface area contributed by atoms with E-state index in [2.05, 4.69) is 4.85 Å². The predicted octanol–water partition coefficient (Wildman–Crippen LogP) is 2.24. The smallest absolute Gasteiger partial charge is 0.225 e. The van der Waals surface area contributed by atoms with Gasteiger partial charge in [-0.05, 0) is 17.7 Å². The minimum absolute atomic E-state index is 0.00759. The van der Waals surface area contributed by atoms with Crippen molar-refractivity contribution < 1.29 is 5.11 Å². The summed E-state index contributed by atoms with van der Waals surface area (Å²) in [7, 11) is 0. The van der Waals surface area contributed by atoms with Gasteiger partial charge < -0.3 is 9.95 Å². The Bertz CT molecular complexity index is 301. The maximum atomic E-state index is 9.12. The van der Waals surface area contributed by atoms with Crippen molar-refractivity contribution in [3.05, 3.63) is 41.2 Å². The summed E-state index contributed by atoms with van der Waals surface area (Å²) in [6.45, 7) is 8.65. The third-order valence-corrected chi connectivity index (χ3v) is 1.66. The highest BCUT2D eigenvalue weighted by molar-refractivity contribution is 5.27. The second-order valence-electron chi connectivity index (χ2n) is 2.85. The molecule has 0 aliphatic heterocycles. The van der Waals surface area contributed by atoms with Crippen LogP contribution in [0.5, 0.6) is 5.75 Å². The fraction of sp³-hybridized carbons (Fsp3) is 0.300. The number of aromatic hydroxyl groups is 1. The molecule has 62 valence electrons. The molecule has 0 radical (unpaired) electrons. The molecule has 2 heteroatoms. The van der Waals surface area contributed by atoms with Crippen molar-refractivity contribution in [1.82, 2.24) is 0 Å². The topological polar surface area (TPSA) is 24.6 Å². The van der Waals surface area contributed by atoms with Crippen LogP contribution in [0.3, 0.4) is 0 Å². The third-order valence-electron chi connectivity index (χ3n) is 1.66. The molecule has 0 saturated carbocycles. The van der Waals surface area contributed by atoms with Gasteiger partial charge in [-0.2, -0.15) is 0 Å². The first kappa shape index (κ1) is 8.61. The molecule has 0 spiro atoms. The quantitative estimate of drug-likeness (QED) is 0.661. The van der Waals surface area contributed by atoms with Crippen LogP contribution >= 0.6 is 0 Å². The number of rotatable bonds is 2. The van der Waals surface area contributed by atoms with Gasteiger partial charge >= 0.3 is 0 Å². The molecule has 1 aromatic carbocycles. The first-order valence-corrected chi connectivity index (χ1v) is 3.87. The van der Waals surface area contributed by atoms with Crippen LogP contribution in [-0.4, -0.2) is 11.1 Å². The van der Waals surface area contributed by atoms with Crippen molar-refractivity contribution in [3.8, 4) is 5.75 Å². The molecule has 0 aromatic heterocycles. The summed E-state index contributed by atoms with van der Waals surface area (Å²) in [4.78, 5) is 3.38. The zero-order valence-corrected chi connectivity index (χ0v) is 6.99. The maximum Gasteiger partial charge on any atom is 0.225 e. The average Bonchev–Trinajstić information content (AvgIpc) is 2.04. The van der Waals surface area contributed by atoms with E-state index in [-0.39, 0.29) is 11.8 Å². The Morgan fingerprint density at radius 2 is 2.33 bits per heavy atom.